The smallest absolute Gasteiger partial charge is 0.311 e. The molecule has 134 valence electrons. The maximum atomic E-state index is 12.1. The molecule has 25 heavy (non-hydrogen) atoms. The van der Waals surface area contributed by atoms with E-state index in [0.717, 1.165) is 5.56 Å². The summed E-state index contributed by atoms with van der Waals surface area (Å²) < 4.78 is 15.9. The summed E-state index contributed by atoms with van der Waals surface area (Å²) in [6.45, 7) is 6.45. The Bertz CT molecular complexity index is 712. The fourth-order valence-electron chi connectivity index (χ4n) is 2.49. The normalized spacial score (nSPS) is 11.1. The zero-order chi connectivity index (χ0) is 18.4. The molecule has 4 heteroatoms. The van der Waals surface area contributed by atoms with Gasteiger partial charge in [0.2, 0.25) is 0 Å². The molecule has 0 bridgehead atoms. The Kier molecular flexibility index (Phi) is 6.07. The Morgan fingerprint density at radius 2 is 1.56 bits per heavy atom. The lowest BCUT2D eigenvalue weighted by atomic mass is 9.87. The highest BCUT2D eigenvalue weighted by Gasteiger charge is 2.14. The van der Waals surface area contributed by atoms with Gasteiger partial charge in [0, 0.05) is 6.42 Å². The van der Waals surface area contributed by atoms with Crippen LogP contribution in [0.15, 0.2) is 42.5 Å². The van der Waals surface area contributed by atoms with Gasteiger partial charge < -0.3 is 14.2 Å². The third kappa shape index (κ3) is 5.24. The first-order valence-electron chi connectivity index (χ1n) is 8.35. The van der Waals surface area contributed by atoms with Gasteiger partial charge in [-0.15, -0.1) is 0 Å². The standard InChI is InChI=1S/C21H26O4/c1-21(2,3)16-8-10-17(11-9-16)25-20(22)13-7-15-6-12-18(23-4)19(14-15)24-5/h6,8-12,14H,7,13H2,1-5H3. The number of benzene rings is 2. The van der Waals surface area contributed by atoms with E-state index in [9.17, 15) is 4.79 Å². The minimum Gasteiger partial charge on any atom is -0.493 e. The topological polar surface area (TPSA) is 44.8 Å². The highest BCUT2D eigenvalue weighted by molar-refractivity contribution is 5.72. The molecular formula is C21H26O4. The predicted octanol–water partition coefficient (Wildman–Crippen LogP) is 4.54. The number of esters is 1. The summed E-state index contributed by atoms with van der Waals surface area (Å²) in [5.41, 5.74) is 2.28. The van der Waals surface area contributed by atoms with Crippen LogP contribution in [-0.4, -0.2) is 20.2 Å². The molecule has 0 radical (unpaired) electrons. The average Bonchev–Trinajstić information content (AvgIpc) is 2.59. The predicted molar refractivity (Wildman–Crippen MR) is 98.6 cm³/mol. The van der Waals surface area contributed by atoms with Crippen LogP contribution in [0.25, 0.3) is 0 Å². The third-order valence-corrected chi connectivity index (χ3v) is 4.02. The molecule has 2 aromatic carbocycles. The SMILES string of the molecule is COc1ccc(CCC(=O)Oc2ccc(C(C)(C)C)cc2)cc1OC. The van der Waals surface area contributed by atoms with Gasteiger partial charge in [0.1, 0.15) is 5.75 Å². The van der Waals surface area contributed by atoms with E-state index in [1.165, 1.54) is 5.56 Å². The second kappa shape index (κ2) is 8.06. The highest BCUT2D eigenvalue weighted by atomic mass is 16.5. The van der Waals surface area contributed by atoms with Crippen LogP contribution in [0.5, 0.6) is 17.2 Å². The van der Waals surface area contributed by atoms with E-state index in [1.54, 1.807) is 14.2 Å². The Hall–Kier alpha value is -2.49. The minimum absolute atomic E-state index is 0.0793. The fourth-order valence-corrected chi connectivity index (χ4v) is 2.49. The van der Waals surface area contributed by atoms with E-state index in [-0.39, 0.29) is 11.4 Å². The lowest BCUT2D eigenvalue weighted by Crippen LogP contribution is -2.12. The number of methoxy groups -OCH3 is 2. The van der Waals surface area contributed by atoms with E-state index in [2.05, 4.69) is 20.8 Å². The zero-order valence-corrected chi connectivity index (χ0v) is 15.6. The fraction of sp³-hybridized carbons (Fsp3) is 0.381. The van der Waals surface area contributed by atoms with E-state index >= 15 is 0 Å². The summed E-state index contributed by atoms with van der Waals surface area (Å²) in [5.74, 6) is 1.66. The van der Waals surface area contributed by atoms with Crippen molar-refractivity contribution in [2.24, 2.45) is 0 Å². The molecule has 2 aromatic rings. The molecule has 0 spiro atoms. The number of hydrogen-bond donors (Lipinski definition) is 0. The minimum atomic E-state index is -0.252. The third-order valence-electron chi connectivity index (χ3n) is 4.02. The van der Waals surface area contributed by atoms with E-state index in [1.807, 2.05) is 42.5 Å². The first-order chi connectivity index (χ1) is 11.8. The van der Waals surface area contributed by atoms with Crippen molar-refractivity contribution < 1.29 is 19.0 Å². The quantitative estimate of drug-likeness (QED) is 0.571. The second-order valence-electron chi connectivity index (χ2n) is 6.94. The van der Waals surface area contributed by atoms with E-state index < -0.39 is 0 Å². The van der Waals surface area contributed by atoms with Crippen molar-refractivity contribution in [2.75, 3.05) is 14.2 Å². The van der Waals surface area contributed by atoms with Crippen molar-refractivity contribution in [3.05, 3.63) is 53.6 Å². The summed E-state index contributed by atoms with van der Waals surface area (Å²) >= 11 is 0. The summed E-state index contributed by atoms with van der Waals surface area (Å²) in [5, 5.41) is 0. The number of carbonyl (C=O) groups is 1. The van der Waals surface area contributed by atoms with Gasteiger partial charge in [-0.05, 0) is 47.2 Å². The zero-order valence-electron chi connectivity index (χ0n) is 15.6. The summed E-state index contributed by atoms with van der Waals surface area (Å²) in [6, 6.07) is 13.3. The van der Waals surface area contributed by atoms with Crippen LogP contribution in [0.4, 0.5) is 0 Å². The Morgan fingerprint density at radius 3 is 2.12 bits per heavy atom. The summed E-state index contributed by atoms with van der Waals surface area (Å²) in [6.07, 6.45) is 0.885. The maximum Gasteiger partial charge on any atom is 0.311 e. The lowest BCUT2D eigenvalue weighted by molar-refractivity contribution is -0.134. The van der Waals surface area contributed by atoms with Gasteiger partial charge in [-0.1, -0.05) is 39.0 Å². The Morgan fingerprint density at radius 1 is 0.920 bits per heavy atom. The van der Waals surface area contributed by atoms with Crippen LogP contribution in [0.2, 0.25) is 0 Å². The number of ether oxygens (including phenoxy) is 3. The number of rotatable bonds is 6. The van der Waals surface area contributed by atoms with Crippen LogP contribution < -0.4 is 14.2 Å². The molecule has 4 nitrogen and oxygen atoms in total. The molecule has 0 aliphatic carbocycles. The molecule has 0 N–H and O–H groups in total. The summed E-state index contributed by atoms with van der Waals surface area (Å²) in [4.78, 5) is 12.1. The number of aryl methyl sites for hydroxylation is 1. The molecule has 2 rings (SSSR count). The first kappa shape index (κ1) is 18.8. The van der Waals surface area contributed by atoms with Crippen molar-refractivity contribution in [1.82, 2.24) is 0 Å². The molecule has 0 atom stereocenters. The molecule has 0 saturated heterocycles. The monoisotopic (exact) mass is 342 g/mol. The highest BCUT2D eigenvalue weighted by Crippen LogP contribution is 2.28. The van der Waals surface area contributed by atoms with Gasteiger partial charge in [-0.2, -0.15) is 0 Å². The van der Waals surface area contributed by atoms with Crippen molar-refractivity contribution in [2.45, 2.75) is 39.0 Å². The van der Waals surface area contributed by atoms with Crippen LogP contribution in [0.1, 0.15) is 38.3 Å². The van der Waals surface area contributed by atoms with Crippen LogP contribution in [-0.2, 0) is 16.6 Å². The Balaban J connectivity index is 1.92. The van der Waals surface area contributed by atoms with Crippen LogP contribution in [0.3, 0.4) is 0 Å². The van der Waals surface area contributed by atoms with Gasteiger partial charge in [-0.3, -0.25) is 4.79 Å². The molecular weight excluding hydrogens is 316 g/mol. The molecule has 0 saturated carbocycles. The average molecular weight is 342 g/mol. The molecule has 0 aromatic heterocycles. The van der Waals surface area contributed by atoms with Crippen LogP contribution >= 0.6 is 0 Å². The molecule has 0 aliphatic heterocycles. The van der Waals surface area contributed by atoms with Gasteiger partial charge in [-0.25, -0.2) is 0 Å². The number of carbonyl (C=O) groups excluding carboxylic acids is 1. The van der Waals surface area contributed by atoms with Crippen molar-refractivity contribution in [3.63, 3.8) is 0 Å². The van der Waals surface area contributed by atoms with Gasteiger partial charge in [0.25, 0.3) is 0 Å². The molecule has 0 fully saturated rings. The second-order valence-corrected chi connectivity index (χ2v) is 6.94. The molecule has 0 unspecified atom stereocenters. The molecule has 0 heterocycles. The van der Waals surface area contributed by atoms with Crippen molar-refractivity contribution >= 4 is 5.97 Å². The molecule has 0 amide bonds. The van der Waals surface area contributed by atoms with Gasteiger partial charge >= 0.3 is 5.97 Å². The van der Waals surface area contributed by atoms with Gasteiger partial charge in [0.05, 0.1) is 14.2 Å². The number of hydrogen-bond acceptors (Lipinski definition) is 4. The maximum absolute atomic E-state index is 12.1. The largest absolute Gasteiger partial charge is 0.493 e. The van der Waals surface area contributed by atoms with Gasteiger partial charge in [0.15, 0.2) is 11.5 Å². The summed E-state index contributed by atoms with van der Waals surface area (Å²) in [7, 11) is 3.19. The van der Waals surface area contributed by atoms with Crippen molar-refractivity contribution in [3.8, 4) is 17.2 Å². The lowest BCUT2D eigenvalue weighted by Gasteiger charge is -2.19. The van der Waals surface area contributed by atoms with Crippen molar-refractivity contribution in [1.29, 1.82) is 0 Å². The molecule has 0 aliphatic rings. The van der Waals surface area contributed by atoms with E-state index in [4.69, 9.17) is 14.2 Å². The Labute approximate surface area is 149 Å². The van der Waals surface area contributed by atoms with Crippen LogP contribution in [0, 0.1) is 0 Å². The van der Waals surface area contributed by atoms with E-state index in [0.29, 0.717) is 30.1 Å². The first-order valence-corrected chi connectivity index (χ1v) is 8.35.